The van der Waals surface area contributed by atoms with Gasteiger partial charge in [-0.1, -0.05) is 33.5 Å². The predicted molar refractivity (Wildman–Crippen MR) is 97.7 cm³/mol. The summed E-state index contributed by atoms with van der Waals surface area (Å²) in [7, 11) is -1.67. The van der Waals surface area contributed by atoms with Gasteiger partial charge in [0.2, 0.25) is 0 Å². The maximum atomic E-state index is 12.3. The van der Waals surface area contributed by atoms with Gasteiger partial charge in [0.15, 0.2) is 0 Å². The van der Waals surface area contributed by atoms with E-state index in [1.165, 1.54) is 5.19 Å². The lowest BCUT2D eigenvalue weighted by Gasteiger charge is -2.44. The molecule has 1 aliphatic heterocycles. The molecule has 1 aromatic rings. The summed E-state index contributed by atoms with van der Waals surface area (Å²) in [5, 5.41) is 1.21. The van der Waals surface area contributed by atoms with Gasteiger partial charge in [0.25, 0.3) is 0 Å². The van der Waals surface area contributed by atoms with E-state index in [1.807, 2.05) is 19.1 Å². The highest BCUT2D eigenvalue weighted by Crippen LogP contribution is 2.44. The molecule has 0 unspecified atom stereocenters. The third kappa shape index (κ3) is 3.63. The summed E-state index contributed by atoms with van der Waals surface area (Å²) in [5.41, 5.74) is 1.56. The number of hydrogen-bond acceptors (Lipinski definition) is 3. The standard InChI is InChI=1S/C19H30O3Si/c1-9-21-17(20)13-10-14-16(15(11-13)23(6,7)8)22-19(4,5)12-18(14,2)3/h10-11H,9,12H2,1-8H3. The fraction of sp³-hybridized carbons (Fsp3) is 0.632. The zero-order valence-electron chi connectivity index (χ0n) is 15.8. The second kappa shape index (κ2) is 5.66. The second-order valence-corrected chi connectivity index (χ2v) is 13.8. The molecule has 0 fully saturated rings. The molecule has 4 heteroatoms. The van der Waals surface area contributed by atoms with E-state index in [0.29, 0.717) is 12.2 Å². The molecule has 3 nitrogen and oxygen atoms in total. The first kappa shape index (κ1) is 18.1. The van der Waals surface area contributed by atoms with Gasteiger partial charge in [-0.2, -0.15) is 0 Å². The number of carbonyl (C=O) groups is 1. The normalized spacial score (nSPS) is 18.8. The van der Waals surface area contributed by atoms with E-state index in [2.05, 4.69) is 47.3 Å². The van der Waals surface area contributed by atoms with Gasteiger partial charge in [-0.15, -0.1) is 0 Å². The molecule has 1 aromatic carbocycles. The average Bonchev–Trinajstić information content (AvgIpc) is 2.34. The fourth-order valence-corrected chi connectivity index (χ4v) is 5.06. The second-order valence-electron chi connectivity index (χ2n) is 8.79. The molecule has 1 aliphatic rings. The Kier molecular flexibility index (Phi) is 4.44. The Morgan fingerprint density at radius 2 is 1.83 bits per heavy atom. The van der Waals surface area contributed by atoms with Crippen molar-refractivity contribution in [3.05, 3.63) is 23.3 Å². The van der Waals surface area contributed by atoms with Gasteiger partial charge in [-0.05, 0) is 49.9 Å². The van der Waals surface area contributed by atoms with E-state index in [4.69, 9.17) is 9.47 Å². The zero-order chi connectivity index (χ0) is 17.6. The highest BCUT2D eigenvalue weighted by Gasteiger charge is 2.42. The Morgan fingerprint density at radius 3 is 2.35 bits per heavy atom. The summed E-state index contributed by atoms with van der Waals surface area (Å²) in [6.45, 7) is 17.9. The molecular weight excluding hydrogens is 304 g/mol. The van der Waals surface area contributed by atoms with Crippen LogP contribution in [0.5, 0.6) is 5.75 Å². The minimum Gasteiger partial charge on any atom is -0.488 e. The number of carbonyl (C=O) groups excluding carboxylic acids is 1. The summed E-state index contributed by atoms with van der Waals surface area (Å²) in [4.78, 5) is 12.3. The molecule has 1 heterocycles. The molecular formula is C19H30O3Si. The minimum absolute atomic E-state index is 0.0337. The van der Waals surface area contributed by atoms with E-state index in [9.17, 15) is 4.79 Å². The number of benzene rings is 1. The lowest BCUT2D eigenvalue weighted by molar-refractivity contribution is 0.0516. The molecule has 0 aliphatic carbocycles. The number of hydrogen-bond donors (Lipinski definition) is 0. The minimum atomic E-state index is -1.67. The van der Waals surface area contributed by atoms with Gasteiger partial charge in [-0.3, -0.25) is 0 Å². The lowest BCUT2D eigenvalue weighted by Crippen LogP contribution is -2.48. The number of esters is 1. The quantitative estimate of drug-likeness (QED) is 0.612. The third-order valence-corrected chi connectivity index (χ3v) is 6.37. The van der Waals surface area contributed by atoms with Crippen molar-refractivity contribution in [2.45, 2.75) is 71.7 Å². The highest BCUT2D eigenvalue weighted by atomic mass is 28.3. The van der Waals surface area contributed by atoms with Crippen LogP contribution in [0.3, 0.4) is 0 Å². The van der Waals surface area contributed by atoms with Gasteiger partial charge in [0.1, 0.15) is 11.4 Å². The molecule has 0 atom stereocenters. The smallest absolute Gasteiger partial charge is 0.338 e. The van der Waals surface area contributed by atoms with Crippen LogP contribution in [-0.2, 0) is 10.2 Å². The number of ether oxygens (including phenoxy) is 2. The Hall–Kier alpha value is -1.29. The molecule has 0 saturated carbocycles. The average molecular weight is 335 g/mol. The molecule has 0 amide bonds. The van der Waals surface area contributed by atoms with Crippen molar-refractivity contribution >= 4 is 19.2 Å². The first-order valence-electron chi connectivity index (χ1n) is 8.42. The molecule has 0 N–H and O–H groups in total. The van der Waals surface area contributed by atoms with Crippen molar-refractivity contribution in [2.75, 3.05) is 6.61 Å². The Labute approximate surface area is 141 Å². The zero-order valence-corrected chi connectivity index (χ0v) is 16.8. The first-order valence-corrected chi connectivity index (χ1v) is 11.9. The van der Waals surface area contributed by atoms with Crippen LogP contribution in [-0.4, -0.2) is 26.3 Å². The summed E-state index contributed by atoms with van der Waals surface area (Å²) < 4.78 is 11.6. The molecule has 0 spiro atoms. The molecule has 0 aromatic heterocycles. The van der Waals surface area contributed by atoms with Crippen molar-refractivity contribution < 1.29 is 14.3 Å². The Bertz CT molecular complexity index is 607. The van der Waals surface area contributed by atoms with Crippen LogP contribution in [0.1, 0.15) is 57.0 Å². The van der Waals surface area contributed by atoms with Gasteiger partial charge in [0, 0.05) is 5.56 Å². The summed E-state index contributed by atoms with van der Waals surface area (Å²) in [6, 6.07) is 3.98. The third-order valence-electron chi connectivity index (χ3n) is 4.38. The summed E-state index contributed by atoms with van der Waals surface area (Å²) in [6.07, 6.45) is 0.921. The van der Waals surface area contributed by atoms with Gasteiger partial charge < -0.3 is 9.47 Å². The topological polar surface area (TPSA) is 35.5 Å². The van der Waals surface area contributed by atoms with Crippen LogP contribution >= 0.6 is 0 Å². The molecule has 0 bridgehead atoms. The SMILES string of the molecule is CCOC(=O)c1cc2c(c([Si](C)(C)C)c1)OC(C)(C)CC2(C)C. The fourth-order valence-electron chi connectivity index (χ4n) is 3.60. The Morgan fingerprint density at radius 1 is 1.22 bits per heavy atom. The van der Waals surface area contributed by atoms with Gasteiger partial charge in [0.05, 0.1) is 20.2 Å². The van der Waals surface area contributed by atoms with E-state index < -0.39 is 8.07 Å². The van der Waals surface area contributed by atoms with Gasteiger partial charge >= 0.3 is 5.97 Å². The molecule has 0 saturated heterocycles. The van der Waals surface area contributed by atoms with Crippen molar-refractivity contribution in [1.29, 1.82) is 0 Å². The van der Waals surface area contributed by atoms with Crippen LogP contribution < -0.4 is 9.92 Å². The van der Waals surface area contributed by atoms with E-state index in [0.717, 1.165) is 17.7 Å². The Balaban J connectivity index is 2.72. The van der Waals surface area contributed by atoms with Crippen LogP contribution in [0.4, 0.5) is 0 Å². The monoisotopic (exact) mass is 334 g/mol. The highest BCUT2D eigenvalue weighted by molar-refractivity contribution is 6.89. The van der Waals surface area contributed by atoms with Gasteiger partial charge in [-0.25, -0.2) is 4.79 Å². The summed E-state index contributed by atoms with van der Waals surface area (Å²) >= 11 is 0. The maximum Gasteiger partial charge on any atom is 0.338 e. The maximum absolute atomic E-state index is 12.3. The lowest BCUT2D eigenvalue weighted by atomic mass is 9.73. The van der Waals surface area contributed by atoms with Crippen LogP contribution in [0.25, 0.3) is 0 Å². The van der Waals surface area contributed by atoms with Crippen LogP contribution in [0.15, 0.2) is 12.1 Å². The van der Waals surface area contributed by atoms with Crippen molar-refractivity contribution in [1.82, 2.24) is 0 Å². The number of rotatable bonds is 3. The van der Waals surface area contributed by atoms with E-state index in [1.54, 1.807) is 0 Å². The predicted octanol–water partition coefficient (Wildman–Crippen LogP) is 4.25. The van der Waals surface area contributed by atoms with E-state index in [-0.39, 0.29) is 17.0 Å². The largest absolute Gasteiger partial charge is 0.488 e. The van der Waals surface area contributed by atoms with Crippen molar-refractivity contribution in [3.63, 3.8) is 0 Å². The molecule has 23 heavy (non-hydrogen) atoms. The molecule has 2 rings (SSSR count). The summed E-state index contributed by atoms with van der Waals surface area (Å²) in [5.74, 6) is 0.758. The van der Waals surface area contributed by atoms with E-state index >= 15 is 0 Å². The van der Waals surface area contributed by atoms with Crippen LogP contribution in [0, 0.1) is 0 Å². The number of fused-ring (bicyclic) bond motifs is 1. The van der Waals surface area contributed by atoms with Crippen LogP contribution in [0.2, 0.25) is 19.6 Å². The van der Waals surface area contributed by atoms with Crippen molar-refractivity contribution in [2.24, 2.45) is 0 Å². The molecule has 128 valence electrons. The molecule has 0 radical (unpaired) electrons. The first-order chi connectivity index (χ1) is 10.4. The van der Waals surface area contributed by atoms with Crippen molar-refractivity contribution in [3.8, 4) is 5.75 Å².